The Balaban J connectivity index is 1.98. The fourth-order valence-electron chi connectivity index (χ4n) is 2.08. The summed E-state index contributed by atoms with van der Waals surface area (Å²) in [5.41, 5.74) is 5.51. The maximum atomic E-state index is 3.36. The highest BCUT2D eigenvalue weighted by molar-refractivity contribution is 9.09. The van der Waals surface area contributed by atoms with Gasteiger partial charge in [0.2, 0.25) is 0 Å². The van der Waals surface area contributed by atoms with Crippen LogP contribution in [0.3, 0.4) is 0 Å². The van der Waals surface area contributed by atoms with E-state index in [1.54, 1.807) is 11.1 Å². The number of hydrogen-bond donors (Lipinski definition) is 1. The minimum Gasteiger partial charge on any atom is -0.307 e. The van der Waals surface area contributed by atoms with Gasteiger partial charge in [-0.1, -0.05) is 34.1 Å². The van der Waals surface area contributed by atoms with Crippen LogP contribution in [0.1, 0.15) is 23.1 Å². The molecule has 0 heterocycles. The van der Waals surface area contributed by atoms with Crippen LogP contribution < -0.4 is 5.32 Å². The van der Waals surface area contributed by atoms with Gasteiger partial charge in [-0.15, -0.1) is 0 Å². The highest BCUT2D eigenvalue weighted by Gasteiger charge is 2.10. The van der Waals surface area contributed by atoms with Gasteiger partial charge in [-0.3, -0.25) is 0 Å². The van der Waals surface area contributed by atoms with Crippen molar-refractivity contribution in [1.29, 1.82) is 0 Å². The molecular formula is C12H16BrN. The van der Waals surface area contributed by atoms with Crippen LogP contribution in [0.2, 0.25) is 0 Å². The Hall–Kier alpha value is -0.340. The van der Waals surface area contributed by atoms with E-state index in [0.717, 1.165) is 18.4 Å². The lowest BCUT2D eigenvalue weighted by Crippen LogP contribution is -2.14. The van der Waals surface area contributed by atoms with Crippen LogP contribution in [0.25, 0.3) is 0 Å². The minimum absolute atomic E-state index is 0.887. The molecule has 0 unspecified atom stereocenters. The third-order valence-corrected chi connectivity index (χ3v) is 3.24. The predicted molar refractivity (Wildman–Crippen MR) is 64.0 cm³/mol. The first-order chi connectivity index (χ1) is 6.90. The topological polar surface area (TPSA) is 12.0 Å². The molecule has 2 rings (SSSR count). The van der Waals surface area contributed by atoms with E-state index in [4.69, 9.17) is 0 Å². The second-order valence-electron chi connectivity index (χ2n) is 3.84. The number of fused-ring (bicyclic) bond motifs is 1. The Labute approximate surface area is 94.0 Å². The van der Waals surface area contributed by atoms with Crippen molar-refractivity contribution < 1.29 is 0 Å². The molecule has 0 bridgehead atoms. The summed E-state index contributed by atoms with van der Waals surface area (Å²) in [6, 6.07) is 6.98. The molecule has 1 aromatic rings. The summed E-state index contributed by atoms with van der Waals surface area (Å²) in [5.74, 6) is 0. The van der Waals surface area contributed by atoms with Crippen LogP contribution >= 0.6 is 15.9 Å². The van der Waals surface area contributed by atoms with Crippen molar-refractivity contribution in [1.82, 2.24) is 5.32 Å². The summed E-state index contributed by atoms with van der Waals surface area (Å²) >= 11 is 3.36. The summed E-state index contributed by atoms with van der Waals surface area (Å²) in [7, 11) is 0. The Morgan fingerprint density at radius 3 is 2.93 bits per heavy atom. The summed E-state index contributed by atoms with van der Waals surface area (Å²) in [4.78, 5) is 0. The van der Waals surface area contributed by atoms with Crippen molar-refractivity contribution in [2.45, 2.75) is 25.7 Å². The largest absolute Gasteiger partial charge is 0.307 e. The van der Waals surface area contributed by atoms with E-state index < -0.39 is 0 Å². The van der Waals surface area contributed by atoms with Crippen molar-refractivity contribution in [3.63, 3.8) is 0 Å². The highest BCUT2D eigenvalue weighted by Crippen LogP contribution is 2.22. The van der Waals surface area contributed by atoms with E-state index in [1.165, 1.54) is 24.8 Å². The van der Waals surface area contributed by atoms with Crippen molar-refractivity contribution in [3.05, 3.63) is 34.9 Å². The average Bonchev–Trinajstić information content (AvgIpc) is 2.65. The fourth-order valence-corrected chi connectivity index (χ4v) is 2.36. The lowest BCUT2D eigenvalue weighted by molar-refractivity contribution is 0.778. The normalized spacial score (nSPS) is 14.4. The molecule has 0 saturated carbocycles. The fraction of sp³-hybridized carbons (Fsp3) is 0.500. The van der Waals surface area contributed by atoms with Crippen LogP contribution in [0.4, 0.5) is 0 Å². The minimum atomic E-state index is 0.887. The molecule has 0 amide bonds. The number of benzene rings is 1. The van der Waals surface area contributed by atoms with Gasteiger partial charge in [0, 0.05) is 0 Å². The quantitative estimate of drug-likeness (QED) is 0.495. The molecule has 0 atom stereocenters. The molecule has 0 fully saturated rings. The van der Waals surface area contributed by atoms with Crippen molar-refractivity contribution in [2.24, 2.45) is 0 Å². The summed E-state index contributed by atoms with van der Waals surface area (Å²) in [6.07, 6.45) is 5.06. The molecule has 2 heteroatoms. The van der Waals surface area contributed by atoms with Crippen LogP contribution in [0, 0.1) is 0 Å². The third-order valence-electron chi connectivity index (χ3n) is 2.85. The predicted octanol–water partition coefficient (Wildman–Crippen LogP) is 2.66. The number of alkyl halides is 1. The van der Waals surface area contributed by atoms with Gasteiger partial charge in [0.15, 0.2) is 0 Å². The highest BCUT2D eigenvalue weighted by atomic mass is 79.9. The van der Waals surface area contributed by atoms with Gasteiger partial charge < -0.3 is 5.32 Å². The van der Waals surface area contributed by atoms with Gasteiger partial charge in [-0.05, 0) is 48.9 Å². The lowest BCUT2D eigenvalue weighted by Gasteiger charge is -2.04. The van der Waals surface area contributed by atoms with E-state index in [2.05, 4.69) is 39.4 Å². The van der Waals surface area contributed by atoms with E-state index in [0.29, 0.717) is 0 Å². The molecule has 0 radical (unpaired) electrons. The van der Waals surface area contributed by atoms with Crippen molar-refractivity contribution >= 4 is 15.9 Å². The molecule has 1 nitrogen and oxygen atoms in total. The zero-order valence-corrected chi connectivity index (χ0v) is 9.94. The molecule has 0 aromatic heterocycles. The van der Waals surface area contributed by atoms with Gasteiger partial charge in [0.05, 0.1) is 5.45 Å². The molecular weight excluding hydrogens is 238 g/mol. The second-order valence-corrected chi connectivity index (χ2v) is 4.40. The first-order valence-electron chi connectivity index (χ1n) is 5.27. The number of aryl methyl sites for hydroxylation is 2. The van der Waals surface area contributed by atoms with Crippen LogP contribution in [0.5, 0.6) is 0 Å². The van der Waals surface area contributed by atoms with E-state index >= 15 is 0 Å². The van der Waals surface area contributed by atoms with E-state index in [-0.39, 0.29) is 0 Å². The monoisotopic (exact) mass is 253 g/mol. The maximum Gasteiger partial charge on any atom is 0.0517 e. The number of halogens is 1. The number of nitrogens with one attached hydrogen (secondary N) is 1. The Bertz CT molecular complexity index is 309. The van der Waals surface area contributed by atoms with Crippen LogP contribution in [0.15, 0.2) is 18.2 Å². The van der Waals surface area contributed by atoms with E-state index in [1.807, 2.05) is 0 Å². The number of hydrogen-bond acceptors (Lipinski definition) is 1. The Morgan fingerprint density at radius 2 is 2.07 bits per heavy atom. The van der Waals surface area contributed by atoms with Crippen LogP contribution in [-0.4, -0.2) is 12.0 Å². The first kappa shape index (κ1) is 10.2. The van der Waals surface area contributed by atoms with Gasteiger partial charge in [0.25, 0.3) is 0 Å². The van der Waals surface area contributed by atoms with Gasteiger partial charge in [-0.25, -0.2) is 0 Å². The molecule has 0 saturated heterocycles. The molecule has 0 aliphatic heterocycles. The smallest absolute Gasteiger partial charge is 0.0517 e. The maximum absolute atomic E-state index is 3.36. The van der Waals surface area contributed by atoms with Gasteiger partial charge in [-0.2, -0.15) is 0 Å². The Kier molecular flexibility index (Phi) is 3.60. The SMILES string of the molecule is BrCNCCc1ccc2c(c1)CCC2. The summed E-state index contributed by atoms with van der Waals surface area (Å²) in [6.45, 7) is 1.06. The molecule has 1 N–H and O–H groups in total. The molecule has 1 aliphatic carbocycles. The zero-order valence-electron chi connectivity index (χ0n) is 8.35. The third kappa shape index (κ3) is 2.37. The average molecular weight is 254 g/mol. The first-order valence-corrected chi connectivity index (χ1v) is 6.39. The van der Waals surface area contributed by atoms with Gasteiger partial charge >= 0.3 is 0 Å². The molecule has 76 valence electrons. The van der Waals surface area contributed by atoms with E-state index in [9.17, 15) is 0 Å². The van der Waals surface area contributed by atoms with Crippen molar-refractivity contribution in [3.8, 4) is 0 Å². The molecule has 1 aromatic carbocycles. The Morgan fingerprint density at radius 1 is 1.21 bits per heavy atom. The number of rotatable bonds is 4. The van der Waals surface area contributed by atoms with Crippen LogP contribution in [-0.2, 0) is 19.3 Å². The summed E-state index contributed by atoms with van der Waals surface area (Å²) in [5, 5.41) is 3.28. The van der Waals surface area contributed by atoms with Crippen molar-refractivity contribution in [2.75, 3.05) is 12.0 Å². The second kappa shape index (κ2) is 4.94. The molecule has 0 spiro atoms. The molecule has 1 aliphatic rings. The standard InChI is InChI=1S/C12H16BrN/c13-9-14-7-6-10-4-5-11-2-1-3-12(11)8-10/h4-5,8,14H,1-3,6-7,9H2. The van der Waals surface area contributed by atoms with Gasteiger partial charge in [0.1, 0.15) is 0 Å². The molecule has 14 heavy (non-hydrogen) atoms. The zero-order chi connectivity index (χ0) is 9.80. The lowest BCUT2D eigenvalue weighted by atomic mass is 10.0. The summed E-state index contributed by atoms with van der Waals surface area (Å²) < 4.78 is 0.